The molecule has 0 spiro atoms. The van der Waals surface area contributed by atoms with Gasteiger partial charge in [0, 0.05) is 18.1 Å². The van der Waals surface area contributed by atoms with Gasteiger partial charge in [-0.05, 0) is 23.8 Å². The Morgan fingerprint density at radius 1 is 1.40 bits per heavy atom. The predicted octanol–water partition coefficient (Wildman–Crippen LogP) is 1.65. The molecule has 1 aliphatic heterocycles. The minimum atomic E-state index is -0.943. The molecule has 0 atom stereocenters. The average molecular weight is 293 g/mol. The van der Waals surface area contributed by atoms with Crippen molar-refractivity contribution in [3.8, 4) is 0 Å². The maximum absolute atomic E-state index is 11.0. The lowest BCUT2D eigenvalue weighted by atomic mass is 10.1. The van der Waals surface area contributed by atoms with Gasteiger partial charge in [-0.25, -0.2) is 14.5 Å². The van der Waals surface area contributed by atoms with Crippen LogP contribution in [0.3, 0.4) is 0 Å². The van der Waals surface area contributed by atoms with Crippen molar-refractivity contribution in [3.05, 3.63) is 46.5 Å². The van der Waals surface area contributed by atoms with Gasteiger partial charge in [0.05, 0.1) is 18.7 Å². The third kappa shape index (κ3) is 2.52. The van der Waals surface area contributed by atoms with E-state index in [2.05, 4.69) is 15.0 Å². The highest BCUT2D eigenvalue weighted by molar-refractivity contribution is 6.31. The number of halogens is 1. The standard InChI is InChI=1S/C13H13ClN4O2/c14-11-2-1-9(13(19)20)5-10(11)6-17-3-4-18-12(7-17)15-8-16-18/h1-2,5,8H,3-4,6-7H2,(H,19,20). The molecule has 0 fully saturated rings. The summed E-state index contributed by atoms with van der Waals surface area (Å²) in [6.07, 6.45) is 1.55. The van der Waals surface area contributed by atoms with Crippen LogP contribution in [0.15, 0.2) is 24.5 Å². The summed E-state index contributed by atoms with van der Waals surface area (Å²) in [6.45, 7) is 2.91. The second-order valence-electron chi connectivity index (χ2n) is 4.72. The quantitative estimate of drug-likeness (QED) is 0.931. The summed E-state index contributed by atoms with van der Waals surface area (Å²) in [5, 5.41) is 13.7. The molecule has 0 aliphatic carbocycles. The first-order chi connectivity index (χ1) is 9.63. The van der Waals surface area contributed by atoms with Crippen LogP contribution in [0.25, 0.3) is 0 Å². The van der Waals surface area contributed by atoms with Crippen molar-refractivity contribution in [3.63, 3.8) is 0 Å². The summed E-state index contributed by atoms with van der Waals surface area (Å²) < 4.78 is 1.88. The molecule has 0 bridgehead atoms. The van der Waals surface area contributed by atoms with Crippen LogP contribution in [0.1, 0.15) is 21.7 Å². The fourth-order valence-electron chi connectivity index (χ4n) is 2.32. The molecule has 2 heterocycles. The van der Waals surface area contributed by atoms with Gasteiger partial charge >= 0.3 is 5.97 Å². The second-order valence-corrected chi connectivity index (χ2v) is 5.13. The van der Waals surface area contributed by atoms with E-state index < -0.39 is 5.97 Å². The number of nitrogens with zero attached hydrogens (tertiary/aromatic N) is 4. The van der Waals surface area contributed by atoms with Crippen molar-refractivity contribution in [2.45, 2.75) is 19.6 Å². The molecule has 0 saturated carbocycles. The van der Waals surface area contributed by atoms with E-state index in [-0.39, 0.29) is 5.56 Å². The topological polar surface area (TPSA) is 71.2 Å². The number of carboxylic acids is 1. The first-order valence-electron chi connectivity index (χ1n) is 6.24. The zero-order valence-corrected chi connectivity index (χ0v) is 11.4. The van der Waals surface area contributed by atoms with Gasteiger partial charge in [0.25, 0.3) is 0 Å². The van der Waals surface area contributed by atoms with Crippen LogP contribution in [-0.2, 0) is 19.6 Å². The molecule has 0 unspecified atom stereocenters. The molecule has 1 aromatic heterocycles. The molecule has 7 heteroatoms. The molecule has 6 nitrogen and oxygen atoms in total. The van der Waals surface area contributed by atoms with Crippen molar-refractivity contribution in [1.29, 1.82) is 0 Å². The Balaban J connectivity index is 1.78. The molecule has 1 aliphatic rings. The van der Waals surface area contributed by atoms with Gasteiger partial charge in [0.1, 0.15) is 12.2 Å². The highest BCUT2D eigenvalue weighted by atomic mass is 35.5. The van der Waals surface area contributed by atoms with Crippen LogP contribution < -0.4 is 0 Å². The largest absolute Gasteiger partial charge is 0.478 e. The lowest BCUT2D eigenvalue weighted by molar-refractivity contribution is 0.0696. The smallest absolute Gasteiger partial charge is 0.335 e. The number of hydrogen-bond acceptors (Lipinski definition) is 4. The van der Waals surface area contributed by atoms with Gasteiger partial charge in [0.2, 0.25) is 0 Å². The van der Waals surface area contributed by atoms with Gasteiger partial charge < -0.3 is 5.11 Å². The Bertz CT molecular complexity index is 656. The maximum Gasteiger partial charge on any atom is 0.335 e. The van der Waals surface area contributed by atoms with Gasteiger partial charge in [-0.1, -0.05) is 11.6 Å². The minimum absolute atomic E-state index is 0.254. The lowest BCUT2D eigenvalue weighted by Crippen LogP contribution is -2.33. The van der Waals surface area contributed by atoms with Crippen LogP contribution in [0, 0.1) is 0 Å². The van der Waals surface area contributed by atoms with E-state index in [1.165, 1.54) is 6.07 Å². The van der Waals surface area contributed by atoms with Crippen LogP contribution in [0.4, 0.5) is 0 Å². The molecule has 1 N–H and O–H groups in total. The number of carbonyl (C=O) groups is 1. The summed E-state index contributed by atoms with van der Waals surface area (Å²) in [6, 6.07) is 4.78. The fourth-order valence-corrected chi connectivity index (χ4v) is 2.49. The van der Waals surface area contributed by atoms with Crippen molar-refractivity contribution in [1.82, 2.24) is 19.7 Å². The number of carboxylic acid groups (broad SMARTS) is 1. The maximum atomic E-state index is 11.0. The zero-order chi connectivity index (χ0) is 14.1. The lowest BCUT2D eigenvalue weighted by Gasteiger charge is -2.26. The third-order valence-corrected chi connectivity index (χ3v) is 3.74. The van der Waals surface area contributed by atoms with Crippen LogP contribution in [-0.4, -0.2) is 37.3 Å². The van der Waals surface area contributed by atoms with E-state index >= 15 is 0 Å². The third-order valence-electron chi connectivity index (χ3n) is 3.38. The second kappa shape index (κ2) is 5.22. The Morgan fingerprint density at radius 2 is 2.25 bits per heavy atom. The van der Waals surface area contributed by atoms with Crippen molar-refractivity contribution in [2.75, 3.05) is 6.54 Å². The van der Waals surface area contributed by atoms with Crippen molar-refractivity contribution < 1.29 is 9.90 Å². The molecule has 0 amide bonds. The van der Waals surface area contributed by atoms with E-state index in [0.29, 0.717) is 18.1 Å². The van der Waals surface area contributed by atoms with Crippen molar-refractivity contribution >= 4 is 17.6 Å². The molecule has 0 saturated heterocycles. The zero-order valence-electron chi connectivity index (χ0n) is 10.7. The number of hydrogen-bond donors (Lipinski definition) is 1. The summed E-state index contributed by atoms with van der Waals surface area (Å²) >= 11 is 6.15. The molecule has 0 radical (unpaired) electrons. The number of fused-ring (bicyclic) bond motifs is 1. The summed E-state index contributed by atoms with van der Waals surface area (Å²) in [7, 11) is 0. The highest BCUT2D eigenvalue weighted by Gasteiger charge is 2.19. The van der Waals surface area contributed by atoms with E-state index in [4.69, 9.17) is 16.7 Å². The molecule has 2 aromatic rings. The Hall–Kier alpha value is -1.92. The summed E-state index contributed by atoms with van der Waals surface area (Å²) in [5.41, 5.74) is 1.07. The van der Waals surface area contributed by atoms with Crippen LogP contribution >= 0.6 is 11.6 Å². The molecule has 104 valence electrons. The SMILES string of the molecule is O=C(O)c1ccc(Cl)c(CN2CCn3ncnc3C2)c1. The minimum Gasteiger partial charge on any atom is -0.478 e. The molecule has 20 heavy (non-hydrogen) atoms. The molecule has 3 rings (SSSR count). The van der Waals surface area contributed by atoms with Crippen LogP contribution in [0.2, 0.25) is 5.02 Å². The highest BCUT2D eigenvalue weighted by Crippen LogP contribution is 2.21. The number of rotatable bonds is 3. The number of aromatic nitrogens is 3. The molecule has 1 aromatic carbocycles. The first-order valence-corrected chi connectivity index (χ1v) is 6.62. The van der Waals surface area contributed by atoms with Gasteiger partial charge in [-0.3, -0.25) is 4.90 Å². The van der Waals surface area contributed by atoms with Gasteiger partial charge in [-0.2, -0.15) is 5.10 Å². The van der Waals surface area contributed by atoms with E-state index in [1.807, 2.05) is 4.68 Å². The van der Waals surface area contributed by atoms with E-state index in [0.717, 1.165) is 24.5 Å². The number of aromatic carboxylic acids is 1. The summed E-state index contributed by atoms with van der Waals surface area (Å²) in [4.78, 5) is 17.4. The summed E-state index contributed by atoms with van der Waals surface area (Å²) in [5.74, 6) is -0.0249. The van der Waals surface area contributed by atoms with Crippen LogP contribution in [0.5, 0.6) is 0 Å². The molecular formula is C13H13ClN4O2. The van der Waals surface area contributed by atoms with E-state index in [1.54, 1.807) is 18.5 Å². The van der Waals surface area contributed by atoms with Crippen molar-refractivity contribution in [2.24, 2.45) is 0 Å². The Morgan fingerprint density at radius 3 is 3.05 bits per heavy atom. The monoisotopic (exact) mass is 292 g/mol. The van der Waals surface area contributed by atoms with Gasteiger partial charge in [0.15, 0.2) is 0 Å². The average Bonchev–Trinajstić information content (AvgIpc) is 2.88. The fraction of sp³-hybridized carbons (Fsp3) is 0.308. The predicted molar refractivity (Wildman–Crippen MR) is 72.5 cm³/mol. The Kier molecular flexibility index (Phi) is 3.42. The van der Waals surface area contributed by atoms with E-state index in [9.17, 15) is 4.79 Å². The first kappa shape index (κ1) is 13.1. The number of benzene rings is 1. The normalized spacial score (nSPS) is 15.1. The molecular weight excluding hydrogens is 280 g/mol. The van der Waals surface area contributed by atoms with Gasteiger partial charge in [-0.15, -0.1) is 0 Å². The Labute approximate surface area is 120 Å².